The van der Waals surface area contributed by atoms with E-state index >= 15 is 0 Å². The molecule has 2 atom stereocenters. The fraction of sp³-hybridized carbons (Fsp3) is 1.00. The van der Waals surface area contributed by atoms with Gasteiger partial charge in [0.05, 0.1) is 0 Å². The van der Waals surface area contributed by atoms with Crippen LogP contribution in [0.2, 0.25) is 0 Å². The van der Waals surface area contributed by atoms with Crippen LogP contribution >= 0.6 is 0 Å². The highest BCUT2D eigenvalue weighted by molar-refractivity contribution is 4.68. The van der Waals surface area contributed by atoms with Crippen molar-refractivity contribution >= 4 is 0 Å². The molecular weight excluding hydrogens is 121 g/mol. The van der Waals surface area contributed by atoms with Gasteiger partial charge in [-0.25, -0.2) is 13.2 Å². The molecular formula is C3H7F3N2. The van der Waals surface area contributed by atoms with Crippen LogP contribution in [0, 0.1) is 0 Å². The molecule has 0 aromatic carbocycles. The summed E-state index contributed by atoms with van der Waals surface area (Å²) in [5.41, 5.74) is 8.87. The summed E-state index contributed by atoms with van der Waals surface area (Å²) >= 11 is 0. The molecule has 0 aliphatic carbocycles. The molecule has 0 aromatic heterocycles. The van der Waals surface area contributed by atoms with Crippen molar-refractivity contribution in [3.63, 3.8) is 0 Å². The summed E-state index contributed by atoms with van der Waals surface area (Å²) in [6, 6.07) is -1.85. The molecule has 0 bridgehead atoms. The van der Waals surface area contributed by atoms with Crippen molar-refractivity contribution in [2.75, 3.05) is 0 Å². The van der Waals surface area contributed by atoms with E-state index in [2.05, 4.69) is 11.5 Å². The third kappa shape index (κ3) is 2.13. The van der Waals surface area contributed by atoms with Gasteiger partial charge in [0, 0.05) is 0 Å². The molecule has 5 heteroatoms. The number of rotatable bonds is 2. The Hall–Kier alpha value is -0.290. The van der Waals surface area contributed by atoms with E-state index in [0.29, 0.717) is 0 Å². The van der Waals surface area contributed by atoms with Crippen molar-refractivity contribution in [3.05, 3.63) is 0 Å². The first kappa shape index (κ1) is 7.71. The fourth-order valence-electron chi connectivity index (χ4n) is 0.139. The van der Waals surface area contributed by atoms with Gasteiger partial charge in [0.25, 0.3) is 6.43 Å². The number of alkyl halides is 3. The lowest BCUT2D eigenvalue weighted by Gasteiger charge is -2.09. The van der Waals surface area contributed by atoms with Gasteiger partial charge in [0.1, 0.15) is 6.04 Å². The lowest BCUT2D eigenvalue weighted by molar-refractivity contribution is 0.0760. The molecule has 0 saturated carbocycles. The van der Waals surface area contributed by atoms with E-state index in [9.17, 15) is 13.2 Å². The first-order valence-corrected chi connectivity index (χ1v) is 1.99. The van der Waals surface area contributed by atoms with Gasteiger partial charge >= 0.3 is 0 Å². The van der Waals surface area contributed by atoms with Crippen LogP contribution in [0.1, 0.15) is 0 Å². The molecule has 4 N–H and O–H groups in total. The Morgan fingerprint density at radius 1 is 1.00 bits per heavy atom. The largest absolute Gasteiger partial charge is 0.319 e. The maximum Gasteiger partial charge on any atom is 0.257 e. The molecule has 0 radical (unpaired) electrons. The third-order valence-electron chi connectivity index (χ3n) is 0.659. The quantitative estimate of drug-likeness (QED) is 0.507. The summed E-state index contributed by atoms with van der Waals surface area (Å²) in [5, 5.41) is 0. The Balaban J connectivity index is 3.46. The van der Waals surface area contributed by atoms with Crippen LogP contribution in [-0.4, -0.2) is 18.8 Å². The van der Waals surface area contributed by atoms with Gasteiger partial charge in [-0.2, -0.15) is 0 Å². The van der Waals surface area contributed by atoms with Crippen LogP contribution in [0.25, 0.3) is 0 Å². The summed E-state index contributed by atoms with van der Waals surface area (Å²) in [4.78, 5) is 0. The standard InChI is InChI=1S/C3H7F3N2/c4-2(5)1(7)3(6)8/h1-3H,7-8H2. The minimum atomic E-state index is -2.88. The van der Waals surface area contributed by atoms with Crippen molar-refractivity contribution in [1.82, 2.24) is 0 Å². The topological polar surface area (TPSA) is 52.0 Å². The van der Waals surface area contributed by atoms with E-state index in [1.54, 1.807) is 0 Å². The Kier molecular flexibility index (Phi) is 2.78. The van der Waals surface area contributed by atoms with E-state index in [4.69, 9.17) is 0 Å². The highest BCUT2D eigenvalue weighted by atomic mass is 19.3. The molecule has 0 rings (SSSR count). The molecule has 0 aliphatic heterocycles. The Morgan fingerprint density at radius 3 is 1.38 bits per heavy atom. The van der Waals surface area contributed by atoms with Gasteiger partial charge in [-0.1, -0.05) is 0 Å². The number of hydrogen-bond acceptors (Lipinski definition) is 2. The molecule has 2 nitrogen and oxygen atoms in total. The zero-order chi connectivity index (χ0) is 6.73. The molecule has 2 unspecified atom stereocenters. The molecule has 0 amide bonds. The van der Waals surface area contributed by atoms with Crippen LogP contribution in [0.4, 0.5) is 13.2 Å². The molecule has 0 aromatic rings. The van der Waals surface area contributed by atoms with E-state index in [-0.39, 0.29) is 0 Å². The number of nitrogens with two attached hydrogens (primary N) is 2. The maximum absolute atomic E-state index is 11.5. The van der Waals surface area contributed by atoms with Gasteiger partial charge < -0.3 is 11.5 Å². The van der Waals surface area contributed by atoms with Crippen molar-refractivity contribution in [2.45, 2.75) is 18.8 Å². The monoisotopic (exact) mass is 128 g/mol. The van der Waals surface area contributed by atoms with E-state index in [1.165, 1.54) is 0 Å². The number of halogens is 3. The Bertz CT molecular complexity index is 57.5. The average molecular weight is 128 g/mol. The molecule has 0 fully saturated rings. The van der Waals surface area contributed by atoms with Crippen LogP contribution in [0.3, 0.4) is 0 Å². The maximum atomic E-state index is 11.5. The van der Waals surface area contributed by atoms with Crippen LogP contribution in [0.15, 0.2) is 0 Å². The lowest BCUT2D eigenvalue weighted by Crippen LogP contribution is -2.43. The van der Waals surface area contributed by atoms with Gasteiger partial charge in [0.15, 0.2) is 6.30 Å². The smallest absolute Gasteiger partial charge is 0.257 e. The Labute approximate surface area is 44.6 Å². The minimum Gasteiger partial charge on any atom is -0.319 e. The van der Waals surface area contributed by atoms with E-state index in [1.807, 2.05) is 0 Å². The van der Waals surface area contributed by atoms with Gasteiger partial charge in [-0.3, -0.25) is 0 Å². The lowest BCUT2D eigenvalue weighted by atomic mass is 10.3. The van der Waals surface area contributed by atoms with Crippen LogP contribution in [0.5, 0.6) is 0 Å². The summed E-state index contributed by atoms with van der Waals surface area (Å²) < 4.78 is 34.0. The third-order valence-corrected chi connectivity index (χ3v) is 0.659. The minimum absolute atomic E-state index is 1.85. The second-order valence-corrected chi connectivity index (χ2v) is 1.36. The SMILES string of the molecule is NC(F)C(N)C(F)F. The molecule has 0 spiro atoms. The fourth-order valence-corrected chi connectivity index (χ4v) is 0.139. The Morgan fingerprint density at radius 2 is 1.38 bits per heavy atom. The van der Waals surface area contributed by atoms with Crippen molar-refractivity contribution in [2.24, 2.45) is 11.5 Å². The van der Waals surface area contributed by atoms with E-state index < -0.39 is 18.8 Å². The first-order valence-electron chi connectivity index (χ1n) is 1.99. The number of hydrogen-bond donors (Lipinski definition) is 2. The first-order chi connectivity index (χ1) is 3.55. The van der Waals surface area contributed by atoms with Crippen molar-refractivity contribution < 1.29 is 13.2 Å². The normalized spacial score (nSPS) is 18.8. The van der Waals surface area contributed by atoms with Crippen LogP contribution < -0.4 is 11.5 Å². The van der Waals surface area contributed by atoms with Crippen LogP contribution in [-0.2, 0) is 0 Å². The predicted molar refractivity (Wildman–Crippen MR) is 23.1 cm³/mol. The van der Waals surface area contributed by atoms with E-state index in [0.717, 1.165) is 0 Å². The summed E-state index contributed by atoms with van der Waals surface area (Å²) in [6.45, 7) is 0. The molecule has 0 heterocycles. The van der Waals surface area contributed by atoms with Crippen molar-refractivity contribution in [3.8, 4) is 0 Å². The summed E-state index contributed by atoms with van der Waals surface area (Å²) in [6.07, 6.45) is -5.01. The zero-order valence-corrected chi connectivity index (χ0v) is 4.02. The van der Waals surface area contributed by atoms with Gasteiger partial charge in [-0.05, 0) is 0 Å². The average Bonchev–Trinajstić information content (AvgIpc) is 1.64. The summed E-state index contributed by atoms with van der Waals surface area (Å²) in [5.74, 6) is 0. The van der Waals surface area contributed by atoms with Gasteiger partial charge in [0.2, 0.25) is 0 Å². The highest BCUT2D eigenvalue weighted by Crippen LogP contribution is 2.00. The second-order valence-electron chi connectivity index (χ2n) is 1.36. The zero-order valence-electron chi connectivity index (χ0n) is 4.02. The highest BCUT2D eigenvalue weighted by Gasteiger charge is 2.21. The molecule has 50 valence electrons. The van der Waals surface area contributed by atoms with Crippen molar-refractivity contribution in [1.29, 1.82) is 0 Å². The molecule has 0 saturated heterocycles. The van der Waals surface area contributed by atoms with Gasteiger partial charge in [-0.15, -0.1) is 0 Å². The predicted octanol–water partition coefficient (Wildman–Crippen LogP) is -0.167. The molecule has 0 aliphatic rings. The summed E-state index contributed by atoms with van der Waals surface area (Å²) in [7, 11) is 0. The molecule has 8 heavy (non-hydrogen) atoms. The second kappa shape index (κ2) is 2.88.